The van der Waals surface area contributed by atoms with Crippen LogP contribution in [-0.2, 0) is 25.7 Å². The minimum atomic E-state index is -4.68. The molecule has 2 aromatic carbocycles. The Labute approximate surface area is 181 Å². The molecular weight excluding hydrogens is 459 g/mol. The van der Waals surface area contributed by atoms with Crippen molar-refractivity contribution in [2.24, 2.45) is 0 Å². The number of halogens is 4. The van der Waals surface area contributed by atoms with Crippen LogP contribution in [-0.4, -0.2) is 33.3 Å². The number of nitrogens with zero attached hydrogens (tertiary/aromatic N) is 1. The molecule has 0 aliphatic heterocycles. The highest BCUT2D eigenvalue weighted by Crippen LogP contribution is 2.34. The Balaban J connectivity index is 2.54. The van der Waals surface area contributed by atoms with E-state index in [-0.39, 0.29) is 22.8 Å². The van der Waals surface area contributed by atoms with Crippen molar-refractivity contribution < 1.29 is 35.9 Å². The van der Waals surface area contributed by atoms with E-state index >= 15 is 0 Å². The van der Waals surface area contributed by atoms with Crippen LogP contribution < -0.4 is 4.31 Å². The molecule has 6 nitrogen and oxygen atoms in total. The fourth-order valence-electron chi connectivity index (χ4n) is 2.49. The number of carbonyl (C=O) groups excluding carboxylic acids is 2. The quantitative estimate of drug-likeness (QED) is 0.415. The second kappa shape index (κ2) is 9.52. The Morgan fingerprint density at radius 1 is 1.19 bits per heavy atom. The van der Waals surface area contributed by atoms with Crippen LogP contribution in [0, 0.1) is 0 Å². The molecule has 0 saturated carbocycles. The highest BCUT2D eigenvalue weighted by Gasteiger charge is 2.33. The lowest BCUT2D eigenvalue weighted by Gasteiger charge is -2.24. The first-order chi connectivity index (χ1) is 14.4. The topological polar surface area (TPSA) is 80.8 Å². The summed E-state index contributed by atoms with van der Waals surface area (Å²) in [7, 11) is -4.51. The fourth-order valence-corrected chi connectivity index (χ4v) is 4.42. The van der Waals surface area contributed by atoms with Gasteiger partial charge in [-0.2, -0.15) is 13.2 Å². The number of ether oxygens (including phenoxy) is 1. The van der Waals surface area contributed by atoms with Crippen molar-refractivity contribution in [3.8, 4) is 0 Å². The van der Waals surface area contributed by atoms with E-state index in [0.717, 1.165) is 24.3 Å². The molecule has 0 unspecified atom stereocenters. The van der Waals surface area contributed by atoms with Crippen LogP contribution >= 0.6 is 11.6 Å². The molecule has 0 saturated heterocycles. The van der Waals surface area contributed by atoms with E-state index in [0.29, 0.717) is 10.4 Å². The molecule has 2 rings (SSSR count). The van der Waals surface area contributed by atoms with Crippen LogP contribution in [0.5, 0.6) is 0 Å². The maximum atomic E-state index is 13.3. The number of anilines is 1. The van der Waals surface area contributed by atoms with Crippen LogP contribution in [0.1, 0.15) is 22.8 Å². The number of benzene rings is 2. The molecule has 0 aliphatic carbocycles. The number of esters is 1. The second-order valence-corrected chi connectivity index (χ2v) is 8.53. The summed E-state index contributed by atoms with van der Waals surface area (Å²) in [5.41, 5.74) is -1.51. The molecule has 166 valence electrons. The van der Waals surface area contributed by atoms with Crippen LogP contribution in [0.3, 0.4) is 0 Å². The number of sulfonamides is 1. The lowest BCUT2D eigenvalue weighted by Crippen LogP contribution is -2.32. The van der Waals surface area contributed by atoms with Gasteiger partial charge >= 0.3 is 12.1 Å². The molecule has 0 N–H and O–H groups in total. The predicted molar refractivity (Wildman–Crippen MR) is 109 cm³/mol. The summed E-state index contributed by atoms with van der Waals surface area (Å²) in [6.45, 7) is 3.78. The maximum Gasteiger partial charge on any atom is 0.416 e. The second-order valence-electron chi connectivity index (χ2n) is 6.30. The standard InChI is InChI=1S/C20H17ClF3NO5S/c1-3-9-25(16-6-4-5-15(11-16)20(22,23)24)31(28,29)18-10-14(7-8-17(18)21)19(27)30-12-13(2)26/h3-8,10-11H,1,9,12H2,2H3. The monoisotopic (exact) mass is 475 g/mol. The van der Waals surface area contributed by atoms with Crippen molar-refractivity contribution in [2.75, 3.05) is 17.5 Å². The molecule has 0 spiro atoms. The summed E-state index contributed by atoms with van der Waals surface area (Å²) in [5, 5.41) is -0.260. The Bertz CT molecular complexity index is 1120. The zero-order chi connectivity index (χ0) is 23.4. The summed E-state index contributed by atoms with van der Waals surface area (Å²) in [6, 6.07) is 7.02. The molecular formula is C20H17ClF3NO5S. The highest BCUT2D eigenvalue weighted by atomic mass is 35.5. The molecule has 0 heterocycles. The lowest BCUT2D eigenvalue weighted by atomic mass is 10.2. The van der Waals surface area contributed by atoms with Gasteiger partial charge in [-0.3, -0.25) is 9.10 Å². The van der Waals surface area contributed by atoms with E-state index in [1.54, 1.807) is 0 Å². The third-order valence-electron chi connectivity index (χ3n) is 3.90. The third-order valence-corrected chi connectivity index (χ3v) is 6.17. The first-order valence-corrected chi connectivity index (χ1v) is 10.5. The molecule has 0 aromatic heterocycles. The largest absolute Gasteiger partial charge is 0.454 e. The van der Waals surface area contributed by atoms with Crippen LogP contribution in [0.25, 0.3) is 0 Å². The summed E-state index contributed by atoms with van der Waals surface area (Å²) >= 11 is 6.03. The summed E-state index contributed by atoms with van der Waals surface area (Å²) in [4.78, 5) is 22.6. The van der Waals surface area contributed by atoms with E-state index in [1.807, 2.05) is 0 Å². The van der Waals surface area contributed by atoms with Crippen molar-refractivity contribution in [1.29, 1.82) is 0 Å². The molecule has 0 fully saturated rings. The number of hydrogen-bond donors (Lipinski definition) is 0. The van der Waals surface area contributed by atoms with Crippen molar-refractivity contribution in [3.05, 3.63) is 71.3 Å². The number of Topliss-reactive ketones (excluding diaryl/α,β-unsaturated/α-hetero) is 1. The molecule has 31 heavy (non-hydrogen) atoms. The van der Waals surface area contributed by atoms with Crippen LogP contribution in [0.15, 0.2) is 60.0 Å². The van der Waals surface area contributed by atoms with E-state index < -0.39 is 45.0 Å². The number of alkyl halides is 3. The Kier molecular flexibility index (Phi) is 7.50. The van der Waals surface area contributed by atoms with Gasteiger partial charge in [0.1, 0.15) is 11.5 Å². The predicted octanol–water partition coefficient (Wildman–Crippen LogP) is 4.49. The SMILES string of the molecule is C=CCN(c1cccc(C(F)(F)F)c1)S(=O)(=O)c1cc(C(=O)OCC(C)=O)ccc1Cl. The van der Waals surface area contributed by atoms with Gasteiger partial charge in [-0.15, -0.1) is 6.58 Å². The van der Waals surface area contributed by atoms with E-state index in [4.69, 9.17) is 16.3 Å². The van der Waals surface area contributed by atoms with Crippen LogP contribution in [0.2, 0.25) is 5.02 Å². The lowest BCUT2D eigenvalue weighted by molar-refractivity contribution is -0.137. The number of rotatable bonds is 8. The minimum Gasteiger partial charge on any atom is -0.454 e. The zero-order valence-corrected chi connectivity index (χ0v) is 17.7. The van der Waals surface area contributed by atoms with Gasteiger partial charge in [-0.1, -0.05) is 23.7 Å². The number of hydrogen-bond acceptors (Lipinski definition) is 5. The Morgan fingerprint density at radius 3 is 2.45 bits per heavy atom. The minimum absolute atomic E-state index is 0.202. The van der Waals surface area contributed by atoms with E-state index in [2.05, 4.69) is 6.58 Å². The van der Waals surface area contributed by atoms with Gasteiger partial charge < -0.3 is 4.74 Å². The Morgan fingerprint density at radius 2 is 1.87 bits per heavy atom. The van der Waals surface area contributed by atoms with Gasteiger partial charge in [0.25, 0.3) is 10.0 Å². The van der Waals surface area contributed by atoms with Gasteiger partial charge in [-0.25, -0.2) is 13.2 Å². The zero-order valence-electron chi connectivity index (χ0n) is 16.1. The molecule has 0 bridgehead atoms. The Hall–Kier alpha value is -2.85. The summed E-state index contributed by atoms with van der Waals surface area (Å²) in [6.07, 6.45) is -3.49. The van der Waals surface area contributed by atoms with Gasteiger partial charge in [-0.05, 0) is 43.3 Å². The summed E-state index contributed by atoms with van der Waals surface area (Å²) in [5.74, 6) is -1.38. The van der Waals surface area contributed by atoms with E-state index in [9.17, 15) is 31.2 Å². The molecule has 0 aliphatic rings. The average molecular weight is 476 g/mol. The maximum absolute atomic E-state index is 13.3. The fraction of sp³-hybridized carbons (Fsp3) is 0.200. The van der Waals surface area contributed by atoms with Crippen LogP contribution in [0.4, 0.5) is 18.9 Å². The van der Waals surface area contributed by atoms with Gasteiger partial charge in [0.05, 0.1) is 28.4 Å². The molecule has 0 atom stereocenters. The van der Waals surface area contributed by atoms with Crippen molar-refractivity contribution >= 4 is 39.1 Å². The van der Waals surface area contributed by atoms with E-state index in [1.165, 1.54) is 25.1 Å². The normalized spacial score (nSPS) is 11.6. The van der Waals surface area contributed by atoms with Gasteiger partial charge in [0.2, 0.25) is 0 Å². The molecule has 11 heteroatoms. The van der Waals surface area contributed by atoms with Crippen molar-refractivity contribution in [2.45, 2.75) is 18.0 Å². The first-order valence-electron chi connectivity index (χ1n) is 8.65. The highest BCUT2D eigenvalue weighted by molar-refractivity contribution is 7.93. The molecule has 0 amide bonds. The molecule has 2 aromatic rings. The van der Waals surface area contributed by atoms with Crippen molar-refractivity contribution in [3.63, 3.8) is 0 Å². The first kappa shape index (κ1) is 24.4. The average Bonchev–Trinajstić information content (AvgIpc) is 2.69. The third kappa shape index (κ3) is 5.86. The number of ketones is 1. The molecule has 0 radical (unpaired) electrons. The van der Waals surface area contributed by atoms with Gasteiger partial charge in [0, 0.05) is 0 Å². The summed E-state index contributed by atoms with van der Waals surface area (Å²) < 4.78 is 71.2. The van der Waals surface area contributed by atoms with Crippen molar-refractivity contribution in [1.82, 2.24) is 0 Å². The smallest absolute Gasteiger partial charge is 0.416 e. The number of carbonyl (C=O) groups is 2. The van der Waals surface area contributed by atoms with Gasteiger partial charge in [0.15, 0.2) is 5.78 Å².